The van der Waals surface area contributed by atoms with E-state index in [1.807, 2.05) is 39.8 Å². The number of rotatable bonds is 3. The number of carbonyl (C=O) groups is 1. The number of amides is 2. The molecular weight excluding hydrogens is 280 g/mol. The Hall–Kier alpha value is -1.03. The van der Waals surface area contributed by atoms with Crippen molar-refractivity contribution in [2.45, 2.75) is 27.7 Å². The molecule has 0 aliphatic carbocycles. The maximum atomic E-state index is 12.0. The number of anilines is 1. The second-order valence-electron chi connectivity index (χ2n) is 4.02. The van der Waals surface area contributed by atoms with E-state index in [4.69, 9.17) is 0 Å². The van der Waals surface area contributed by atoms with Crippen LogP contribution in [0.3, 0.4) is 0 Å². The molecule has 0 saturated carbocycles. The second kappa shape index (κ2) is 6.05. The first-order valence-electron chi connectivity index (χ1n) is 5.82. The largest absolute Gasteiger partial charge is 0.325 e. The number of halogens is 1. The molecule has 1 N–H and O–H groups in total. The quantitative estimate of drug-likeness (QED) is 0.901. The first kappa shape index (κ1) is 14.0. The monoisotopic (exact) mass is 298 g/mol. The van der Waals surface area contributed by atoms with E-state index in [0.717, 1.165) is 34.4 Å². The van der Waals surface area contributed by atoms with Gasteiger partial charge in [0.2, 0.25) is 0 Å². The number of carbonyl (C=O) groups excluding carboxylic acids is 1. The smallest absolute Gasteiger partial charge is 0.321 e. The van der Waals surface area contributed by atoms with Crippen molar-refractivity contribution in [1.82, 2.24) is 4.90 Å². The van der Waals surface area contributed by atoms with Gasteiger partial charge in [-0.2, -0.15) is 0 Å². The fraction of sp³-hybridized carbons (Fsp3) is 0.462. The SMILES string of the molecule is CCN(CC)C(=O)Nc1c(C)cc(Br)cc1C. The van der Waals surface area contributed by atoms with Crippen LogP contribution < -0.4 is 5.32 Å². The van der Waals surface area contributed by atoms with E-state index in [9.17, 15) is 4.79 Å². The van der Waals surface area contributed by atoms with E-state index in [1.165, 1.54) is 0 Å². The van der Waals surface area contributed by atoms with Gasteiger partial charge in [-0.3, -0.25) is 0 Å². The lowest BCUT2D eigenvalue weighted by atomic mass is 10.1. The zero-order valence-corrected chi connectivity index (χ0v) is 12.4. The highest BCUT2D eigenvalue weighted by Gasteiger charge is 2.12. The van der Waals surface area contributed by atoms with Gasteiger partial charge in [-0.25, -0.2) is 4.79 Å². The van der Waals surface area contributed by atoms with Crippen molar-refractivity contribution in [3.05, 3.63) is 27.7 Å². The molecular formula is C13H19BrN2O. The minimum atomic E-state index is -0.0384. The number of urea groups is 1. The van der Waals surface area contributed by atoms with Crippen molar-refractivity contribution in [3.8, 4) is 0 Å². The standard InChI is InChI=1S/C13H19BrN2O/c1-5-16(6-2)13(17)15-12-9(3)7-11(14)8-10(12)4/h7-8H,5-6H2,1-4H3,(H,15,17). The third kappa shape index (κ3) is 3.46. The molecule has 0 saturated heterocycles. The molecule has 0 aliphatic rings. The molecule has 0 unspecified atom stereocenters. The fourth-order valence-corrected chi connectivity index (χ4v) is 2.49. The molecule has 17 heavy (non-hydrogen) atoms. The molecule has 94 valence electrons. The van der Waals surface area contributed by atoms with Crippen LogP contribution in [0.4, 0.5) is 10.5 Å². The van der Waals surface area contributed by atoms with Crippen LogP contribution in [-0.4, -0.2) is 24.0 Å². The molecule has 2 amide bonds. The summed E-state index contributed by atoms with van der Waals surface area (Å²) in [6, 6.07) is 3.97. The van der Waals surface area contributed by atoms with Crippen LogP contribution in [0.1, 0.15) is 25.0 Å². The van der Waals surface area contributed by atoms with Crippen molar-refractivity contribution in [1.29, 1.82) is 0 Å². The Kier molecular flexibility index (Phi) is 5.00. The topological polar surface area (TPSA) is 32.3 Å². The fourth-order valence-electron chi connectivity index (χ4n) is 1.80. The molecule has 0 radical (unpaired) electrons. The predicted octanol–water partition coefficient (Wildman–Crippen LogP) is 3.94. The molecule has 0 aromatic heterocycles. The number of benzene rings is 1. The average molecular weight is 299 g/mol. The van der Waals surface area contributed by atoms with Crippen LogP contribution in [0.15, 0.2) is 16.6 Å². The van der Waals surface area contributed by atoms with Crippen LogP contribution in [0, 0.1) is 13.8 Å². The summed E-state index contributed by atoms with van der Waals surface area (Å²) in [5.74, 6) is 0. The summed E-state index contributed by atoms with van der Waals surface area (Å²) in [5, 5.41) is 2.97. The van der Waals surface area contributed by atoms with Crippen molar-refractivity contribution in [2.24, 2.45) is 0 Å². The summed E-state index contributed by atoms with van der Waals surface area (Å²) < 4.78 is 1.04. The van der Waals surface area contributed by atoms with Crippen LogP contribution in [0.25, 0.3) is 0 Å². The van der Waals surface area contributed by atoms with E-state index < -0.39 is 0 Å². The molecule has 4 heteroatoms. The number of hydrogen-bond acceptors (Lipinski definition) is 1. The minimum Gasteiger partial charge on any atom is -0.325 e. The van der Waals surface area contributed by atoms with Crippen LogP contribution in [0.5, 0.6) is 0 Å². The van der Waals surface area contributed by atoms with E-state index in [2.05, 4.69) is 21.2 Å². The third-order valence-electron chi connectivity index (χ3n) is 2.78. The van der Waals surface area contributed by atoms with E-state index in [-0.39, 0.29) is 6.03 Å². The summed E-state index contributed by atoms with van der Waals surface area (Å²) in [4.78, 5) is 13.7. The Labute approximate surface area is 111 Å². The lowest BCUT2D eigenvalue weighted by molar-refractivity contribution is 0.217. The molecule has 1 rings (SSSR count). The van der Waals surface area contributed by atoms with E-state index >= 15 is 0 Å². The maximum Gasteiger partial charge on any atom is 0.321 e. The lowest BCUT2D eigenvalue weighted by Crippen LogP contribution is -2.34. The Morgan fingerprint density at radius 3 is 2.12 bits per heavy atom. The molecule has 1 aromatic carbocycles. The van der Waals surface area contributed by atoms with Crippen molar-refractivity contribution in [2.75, 3.05) is 18.4 Å². The Bertz CT molecular complexity index is 391. The van der Waals surface area contributed by atoms with Gasteiger partial charge < -0.3 is 10.2 Å². The van der Waals surface area contributed by atoms with Gasteiger partial charge in [-0.1, -0.05) is 15.9 Å². The highest BCUT2D eigenvalue weighted by molar-refractivity contribution is 9.10. The number of nitrogens with zero attached hydrogens (tertiary/aromatic N) is 1. The van der Waals surface area contributed by atoms with Gasteiger partial charge in [-0.05, 0) is 51.0 Å². The van der Waals surface area contributed by atoms with Crippen molar-refractivity contribution in [3.63, 3.8) is 0 Å². The van der Waals surface area contributed by atoms with Crippen molar-refractivity contribution >= 4 is 27.6 Å². The molecule has 0 atom stereocenters. The molecule has 0 heterocycles. The zero-order valence-electron chi connectivity index (χ0n) is 10.8. The maximum absolute atomic E-state index is 12.0. The Morgan fingerprint density at radius 1 is 1.24 bits per heavy atom. The Morgan fingerprint density at radius 2 is 1.71 bits per heavy atom. The van der Waals surface area contributed by atoms with Crippen molar-refractivity contribution < 1.29 is 4.79 Å². The van der Waals surface area contributed by atoms with Crippen LogP contribution >= 0.6 is 15.9 Å². The van der Waals surface area contributed by atoms with E-state index in [0.29, 0.717) is 0 Å². The summed E-state index contributed by atoms with van der Waals surface area (Å²) in [7, 11) is 0. The normalized spacial score (nSPS) is 10.2. The highest BCUT2D eigenvalue weighted by Crippen LogP contribution is 2.25. The van der Waals surface area contributed by atoms with Gasteiger partial charge >= 0.3 is 6.03 Å². The number of aryl methyl sites for hydroxylation is 2. The summed E-state index contributed by atoms with van der Waals surface area (Å²) in [6.07, 6.45) is 0. The van der Waals surface area contributed by atoms with Gasteiger partial charge in [0.25, 0.3) is 0 Å². The van der Waals surface area contributed by atoms with Gasteiger partial charge in [-0.15, -0.1) is 0 Å². The zero-order chi connectivity index (χ0) is 13.0. The van der Waals surface area contributed by atoms with Crippen LogP contribution in [0.2, 0.25) is 0 Å². The predicted molar refractivity (Wildman–Crippen MR) is 75.6 cm³/mol. The first-order valence-corrected chi connectivity index (χ1v) is 6.61. The van der Waals surface area contributed by atoms with Gasteiger partial charge in [0.05, 0.1) is 0 Å². The molecule has 0 fully saturated rings. The van der Waals surface area contributed by atoms with Gasteiger partial charge in [0.1, 0.15) is 0 Å². The third-order valence-corrected chi connectivity index (χ3v) is 3.24. The number of hydrogen-bond donors (Lipinski definition) is 1. The molecule has 0 aliphatic heterocycles. The van der Waals surface area contributed by atoms with E-state index in [1.54, 1.807) is 4.90 Å². The highest BCUT2D eigenvalue weighted by atomic mass is 79.9. The Balaban J connectivity index is 2.92. The average Bonchev–Trinajstić information content (AvgIpc) is 2.25. The summed E-state index contributed by atoms with van der Waals surface area (Å²) in [5.41, 5.74) is 3.04. The summed E-state index contributed by atoms with van der Waals surface area (Å²) in [6.45, 7) is 9.38. The second-order valence-corrected chi connectivity index (χ2v) is 4.93. The number of nitrogens with one attached hydrogen (secondary N) is 1. The van der Waals surface area contributed by atoms with Gasteiger partial charge in [0.15, 0.2) is 0 Å². The molecule has 1 aromatic rings. The van der Waals surface area contributed by atoms with Crippen LogP contribution in [-0.2, 0) is 0 Å². The van der Waals surface area contributed by atoms with Gasteiger partial charge in [0, 0.05) is 23.2 Å². The minimum absolute atomic E-state index is 0.0384. The first-order chi connectivity index (χ1) is 7.99. The lowest BCUT2D eigenvalue weighted by Gasteiger charge is -2.21. The molecule has 0 spiro atoms. The molecule has 3 nitrogen and oxygen atoms in total. The summed E-state index contributed by atoms with van der Waals surface area (Å²) >= 11 is 3.45. The molecule has 0 bridgehead atoms.